The lowest BCUT2D eigenvalue weighted by atomic mass is 10.2. The molecule has 0 saturated heterocycles. The summed E-state index contributed by atoms with van der Waals surface area (Å²) in [5.74, 6) is 0.235. The summed E-state index contributed by atoms with van der Waals surface area (Å²) in [5, 5.41) is 2.73. The summed E-state index contributed by atoms with van der Waals surface area (Å²) in [6.45, 7) is 1.61. The van der Waals surface area contributed by atoms with Crippen LogP contribution in [0.15, 0.2) is 48.5 Å². The first-order valence-corrected chi connectivity index (χ1v) is 8.85. The van der Waals surface area contributed by atoms with E-state index >= 15 is 0 Å². The second kappa shape index (κ2) is 8.33. The number of alkyl halides is 3. The number of carbonyl (C=O) groups excluding carboxylic acids is 1. The number of aryl methyl sites for hydroxylation is 1. The average molecular weight is 391 g/mol. The molecule has 28 heavy (non-hydrogen) atoms. The second-order valence-electron chi connectivity index (χ2n) is 6.47. The molecule has 2 N–H and O–H groups in total. The number of amides is 1. The number of imidazole rings is 1. The number of aromatic nitrogens is 2. The highest BCUT2D eigenvalue weighted by Crippen LogP contribution is 2.35. The summed E-state index contributed by atoms with van der Waals surface area (Å²) in [4.78, 5) is 19.6. The Labute approximate surface area is 159 Å². The first-order chi connectivity index (χ1) is 13.3. The van der Waals surface area contributed by atoms with Crippen LogP contribution in [-0.2, 0) is 17.4 Å². The van der Waals surface area contributed by atoms with Gasteiger partial charge in [0.15, 0.2) is 0 Å². The monoisotopic (exact) mass is 391 g/mol. The van der Waals surface area contributed by atoms with Crippen molar-refractivity contribution in [3.63, 3.8) is 0 Å². The summed E-state index contributed by atoms with van der Waals surface area (Å²) in [6.07, 6.45) is -3.84. The third kappa shape index (κ3) is 5.03. The van der Waals surface area contributed by atoms with Crippen molar-refractivity contribution in [2.75, 3.05) is 6.61 Å². The number of hydrogen-bond donors (Lipinski definition) is 2. The number of ether oxygens (including phenoxy) is 1. The largest absolute Gasteiger partial charge is 0.491 e. The summed E-state index contributed by atoms with van der Waals surface area (Å²) < 4.78 is 44.2. The van der Waals surface area contributed by atoms with Crippen molar-refractivity contribution in [1.82, 2.24) is 15.3 Å². The predicted octanol–water partition coefficient (Wildman–Crippen LogP) is 4.10. The van der Waals surface area contributed by atoms with Gasteiger partial charge in [0.25, 0.3) is 0 Å². The van der Waals surface area contributed by atoms with Crippen LogP contribution in [0, 0.1) is 0 Å². The van der Waals surface area contributed by atoms with Crippen LogP contribution in [0.25, 0.3) is 11.0 Å². The molecule has 0 saturated carbocycles. The molecule has 0 spiro atoms. The Balaban J connectivity index is 1.48. The molecule has 1 atom stereocenters. The number of rotatable bonds is 7. The molecule has 0 bridgehead atoms. The maximum absolute atomic E-state index is 13.0. The molecule has 0 radical (unpaired) electrons. The number of para-hydroxylation sites is 3. The van der Waals surface area contributed by atoms with Crippen molar-refractivity contribution in [2.24, 2.45) is 0 Å². The zero-order valence-corrected chi connectivity index (χ0v) is 15.2. The predicted molar refractivity (Wildman–Crippen MR) is 99.0 cm³/mol. The van der Waals surface area contributed by atoms with Crippen LogP contribution in [0.3, 0.4) is 0 Å². The number of carbonyl (C=O) groups is 1. The van der Waals surface area contributed by atoms with E-state index in [2.05, 4.69) is 15.3 Å². The van der Waals surface area contributed by atoms with Gasteiger partial charge >= 0.3 is 6.18 Å². The maximum atomic E-state index is 13.0. The Morgan fingerprint density at radius 3 is 2.64 bits per heavy atom. The molecule has 8 heteroatoms. The second-order valence-corrected chi connectivity index (χ2v) is 6.47. The molecule has 1 unspecified atom stereocenters. The zero-order valence-electron chi connectivity index (χ0n) is 15.2. The molecule has 0 aliphatic rings. The molecule has 0 fully saturated rings. The highest BCUT2D eigenvalue weighted by atomic mass is 19.4. The van der Waals surface area contributed by atoms with E-state index in [-0.39, 0.29) is 24.7 Å². The lowest BCUT2D eigenvalue weighted by Crippen LogP contribution is -2.37. The van der Waals surface area contributed by atoms with E-state index in [4.69, 9.17) is 4.74 Å². The summed E-state index contributed by atoms with van der Waals surface area (Å²) in [6, 6.07) is 12.1. The van der Waals surface area contributed by atoms with E-state index in [1.807, 2.05) is 24.3 Å². The minimum atomic E-state index is -4.49. The van der Waals surface area contributed by atoms with E-state index in [1.54, 1.807) is 6.92 Å². The van der Waals surface area contributed by atoms with Gasteiger partial charge in [0.05, 0.1) is 22.6 Å². The number of hydrogen-bond acceptors (Lipinski definition) is 3. The third-order valence-electron chi connectivity index (χ3n) is 4.12. The van der Waals surface area contributed by atoms with Gasteiger partial charge in [0.1, 0.15) is 18.2 Å². The van der Waals surface area contributed by atoms with E-state index in [0.29, 0.717) is 12.2 Å². The quantitative estimate of drug-likeness (QED) is 0.637. The maximum Gasteiger partial charge on any atom is 0.419 e. The normalized spacial score (nSPS) is 12.7. The molecule has 0 aliphatic carbocycles. The first-order valence-electron chi connectivity index (χ1n) is 8.85. The Morgan fingerprint density at radius 2 is 1.89 bits per heavy atom. The number of H-pyrrole nitrogens is 1. The van der Waals surface area contributed by atoms with Gasteiger partial charge in [0.2, 0.25) is 5.91 Å². The minimum absolute atomic E-state index is 0.0660. The van der Waals surface area contributed by atoms with Gasteiger partial charge in [0, 0.05) is 12.8 Å². The van der Waals surface area contributed by atoms with Crippen molar-refractivity contribution in [1.29, 1.82) is 0 Å². The Bertz CT molecular complexity index is 920. The Kier molecular flexibility index (Phi) is 5.87. The molecule has 2 aromatic carbocycles. The number of nitrogens with one attached hydrogen (secondary N) is 2. The highest BCUT2D eigenvalue weighted by Gasteiger charge is 2.34. The van der Waals surface area contributed by atoms with Crippen LogP contribution < -0.4 is 10.1 Å². The third-order valence-corrected chi connectivity index (χ3v) is 4.12. The lowest BCUT2D eigenvalue weighted by molar-refractivity contribution is -0.139. The standard InChI is InChI=1S/C20H20F3N3O2/c1-13(12-28-17-9-5-2-6-14(17)20(21,22)23)24-19(27)11-10-18-25-15-7-3-4-8-16(15)26-18/h2-9,13H,10-12H2,1H3,(H,24,27)(H,25,26). The smallest absolute Gasteiger partial charge is 0.419 e. The Hall–Kier alpha value is -3.03. The average Bonchev–Trinajstić information content (AvgIpc) is 3.07. The highest BCUT2D eigenvalue weighted by molar-refractivity contribution is 5.77. The number of nitrogens with zero attached hydrogens (tertiary/aromatic N) is 1. The van der Waals surface area contributed by atoms with E-state index in [1.165, 1.54) is 18.2 Å². The molecule has 3 aromatic rings. The van der Waals surface area contributed by atoms with Gasteiger partial charge in [-0.1, -0.05) is 24.3 Å². The van der Waals surface area contributed by atoms with Crippen LogP contribution in [0.4, 0.5) is 13.2 Å². The molecule has 1 aromatic heterocycles. The van der Waals surface area contributed by atoms with Crippen molar-refractivity contribution in [3.05, 3.63) is 59.9 Å². The fraction of sp³-hybridized carbons (Fsp3) is 0.300. The van der Waals surface area contributed by atoms with Crippen molar-refractivity contribution in [3.8, 4) is 5.75 Å². The fourth-order valence-corrected chi connectivity index (χ4v) is 2.79. The van der Waals surface area contributed by atoms with Crippen molar-refractivity contribution in [2.45, 2.75) is 32.0 Å². The summed E-state index contributed by atoms with van der Waals surface area (Å²) in [5.41, 5.74) is 0.907. The van der Waals surface area contributed by atoms with Crippen LogP contribution >= 0.6 is 0 Å². The van der Waals surface area contributed by atoms with Crippen LogP contribution in [0.2, 0.25) is 0 Å². The molecule has 3 rings (SSSR count). The van der Waals surface area contributed by atoms with Gasteiger partial charge in [-0.3, -0.25) is 4.79 Å². The molecule has 5 nitrogen and oxygen atoms in total. The number of benzene rings is 2. The SMILES string of the molecule is CC(COc1ccccc1C(F)(F)F)NC(=O)CCc1nc2ccccc2[nH]1. The molecular weight excluding hydrogens is 371 g/mol. The number of fused-ring (bicyclic) bond motifs is 1. The fourth-order valence-electron chi connectivity index (χ4n) is 2.79. The van der Waals surface area contributed by atoms with Crippen LogP contribution in [0.5, 0.6) is 5.75 Å². The molecule has 148 valence electrons. The van der Waals surface area contributed by atoms with E-state index in [9.17, 15) is 18.0 Å². The van der Waals surface area contributed by atoms with Gasteiger partial charge in [-0.15, -0.1) is 0 Å². The number of halogens is 3. The summed E-state index contributed by atoms with van der Waals surface area (Å²) >= 11 is 0. The van der Waals surface area contributed by atoms with Gasteiger partial charge < -0.3 is 15.0 Å². The van der Waals surface area contributed by atoms with Gasteiger partial charge in [-0.05, 0) is 31.2 Å². The zero-order chi connectivity index (χ0) is 20.1. The van der Waals surface area contributed by atoms with Crippen molar-refractivity contribution < 1.29 is 22.7 Å². The lowest BCUT2D eigenvalue weighted by Gasteiger charge is -2.17. The van der Waals surface area contributed by atoms with Crippen LogP contribution in [-0.4, -0.2) is 28.5 Å². The molecule has 1 amide bonds. The van der Waals surface area contributed by atoms with Crippen LogP contribution in [0.1, 0.15) is 24.7 Å². The van der Waals surface area contributed by atoms with Gasteiger partial charge in [-0.25, -0.2) is 4.98 Å². The van der Waals surface area contributed by atoms with E-state index < -0.39 is 17.8 Å². The Morgan fingerprint density at radius 1 is 1.18 bits per heavy atom. The van der Waals surface area contributed by atoms with Crippen molar-refractivity contribution >= 4 is 16.9 Å². The molecular formula is C20H20F3N3O2. The molecule has 0 aliphatic heterocycles. The minimum Gasteiger partial charge on any atom is -0.491 e. The van der Waals surface area contributed by atoms with Gasteiger partial charge in [-0.2, -0.15) is 13.2 Å². The van der Waals surface area contributed by atoms with E-state index in [0.717, 1.165) is 17.1 Å². The number of aromatic amines is 1. The first kappa shape index (κ1) is 19.7. The topological polar surface area (TPSA) is 67.0 Å². The molecule has 1 heterocycles. The summed E-state index contributed by atoms with van der Waals surface area (Å²) in [7, 11) is 0.